The minimum absolute atomic E-state index is 0.118. The van der Waals surface area contributed by atoms with Crippen molar-refractivity contribution in [2.45, 2.75) is 51.6 Å². The van der Waals surface area contributed by atoms with Gasteiger partial charge in [-0.3, -0.25) is 4.90 Å². The maximum Gasteiger partial charge on any atom is 0.407 e. The predicted molar refractivity (Wildman–Crippen MR) is 107 cm³/mol. The molecule has 8 nitrogen and oxygen atoms in total. The summed E-state index contributed by atoms with van der Waals surface area (Å²) in [5.41, 5.74) is 1.94. The number of amides is 1. The lowest BCUT2D eigenvalue weighted by atomic mass is 9.93. The lowest BCUT2D eigenvalue weighted by molar-refractivity contribution is 0.0508. The number of hydrogen-bond donors (Lipinski definition) is 1. The highest BCUT2D eigenvalue weighted by molar-refractivity contribution is 5.65. The summed E-state index contributed by atoms with van der Waals surface area (Å²) in [5, 5.41) is 9.15. The Hall–Kier alpha value is -1.93. The van der Waals surface area contributed by atoms with E-state index in [2.05, 4.69) is 35.7 Å². The minimum atomic E-state index is -0.834. The van der Waals surface area contributed by atoms with Gasteiger partial charge in [-0.2, -0.15) is 4.98 Å². The van der Waals surface area contributed by atoms with E-state index >= 15 is 0 Å². The first-order chi connectivity index (χ1) is 13.3. The van der Waals surface area contributed by atoms with E-state index in [0.717, 1.165) is 43.7 Å². The van der Waals surface area contributed by atoms with Gasteiger partial charge in [0.15, 0.2) is 0 Å². The summed E-state index contributed by atoms with van der Waals surface area (Å²) in [6.07, 6.45) is 4.15. The lowest BCUT2D eigenvalue weighted by Gasteiger charge is -2.43. The van der Waals surface area contributed by atoms with Gasteiger partial charge in [0.1, 0.15) is 6.61 Å². The third kappa shape index (κ3) is 4.91. The van der Waals surface area contributed by atoms with Crippen LogP contribution in [0.3, 0.4) is 0 Å². The number of carboxylic acid groups (broad SMARTS) is 1. The molecule has 0 saturated carbocycles. The Morgan fingerprint density at radius 2 is 2.00 bits per heavy atom. The molecule has 1 aromatic heterocycles. The summed E-state index contributed by atoms with van der Waals surface area (Å²) in [7, 11) is 2.13. The third-order valence-electron chi connectivity index (χ3n) is 6.14. The van der Waals surface area contributed by atoms with Crippen LogP contribution in [0.25, 0.3) is 0 Å². The molecule has 0 aliphatic carbocycles. The topological polar surface area (TPSA) is 82.0 Å². The normalized spacial score (nSPS) is 21.9. The Labute approximate surface area is 167 Å². The quantitative estimate of drug-likeness (QED) is 0.793. The number of likely N-dealkylation sites (N-methyl/N-ethyl adjacent to an activating group) is 1. The molecule has 2 aliphatic heterocycles. The fourth-order valence-corrected chi connectivity index (χ4v) is 4.09. The number of aromatic nitrogens is 2. The smallest absolute Gasteiger partial charge is 0.407 e. The fraction of sp³-hybridized carbons (Fsp3) is 0.750. The Balaban J connectivity index is 1.61. The van der Waals surface area contributed by atoms with Crippen molar-refractivity contribution in [1.29, 1.82) is 0 Å². The van der Waals surface area contributed by atoms with Crippen molar-refractivity contribution in [2.24, 2.45) is 0 Å². The van der Waals surface area contributed by atoms with E-state index < -0.39 is 6.09 Å². The average Bonchev–Trinajstić information content (AvgIpc) is 3.07. The summed E-state index contributed by atoms with van der Waals surface area (Å²) >= 11 is 0. The van der Waals surface area contributed by atoms with E-state index in [9.17, 15) is 4.79 Å². The number of aryl methyl sites for hydroxylation is 1. The molecule has 0 spiro atoms. The van der Waals surface area contributed by atoms with Crippen LogP contribution in [-0.4, -0.2) is 93.8 Å². The molecule has 2 fully saturated rings. The third-order valence-corrected chi connectivity index (χ3v) is 6.14. The summed E-state index contributed by atoms with van der Waals surface area (Å²) in [6, 6.07) is 0.891. The zero-order valence-electron chi connectivity index (χ0n) is 17.5. The maximum atomic E-state index is 11.1. The molecule has 156 valence electrons. The van der Waals surface area contributed by atoms with Gasteiger partial charge in [0, 0.05) is 50.4 Å². The van der Waals surface area contributed by atoms with Crippen LogP contribution in [0.2, 0.25) is 0 Å². The van der Waals surface area contributed by atoms with Gasteiger partial charge in [0.2, 0.25) is 0 Å². The van der Waals surface area contributed by atoms with Crippen molar-refractivity contribution < 1.29 is 14.6 Å². The van der Waals surface area contributed by atoms with E-state index in [1.54, 1.807) is 0 Å². The molecule has 0 unspecified atom stereocenters. The van der Waals surface area contributed by atoms with Gasteiger partial charge in [-0.25, -0.2) is 9.78 Å². The molecule has 1 N–H and O–H groups in total. The fourth-order valence-electron chi connectivity index (χ4n) is 4.09. The van der Waals surface area contributed by atoms with E-state index in [1.807, 2.05) is 13.1 Å². The maximum absolute atomic E-state index is 11.1. The molecular weight excluding hydrogens is 358 g/mol. The van der Waals surface area contributed by atoms with Gasteiger partial charge in [-0.1, -0.05) is 0 Å². The van der Waals surface area contributed by atoms with Gasteiger partial charge >= 0.3 is 12.1 Å². The first-order valence-electron chi connectivity index (χ1n) is 10.1. The molecule has 0 radical (unpaired) electrons. The SMILES string of the molecule is Cc1cnc(OC[C@@H]2CCCN2C)nc1CC(C)(C)N1CCN(C(=O)O)CC1. The van der Waals surface area contributed by atoms with Crippen molar-refractivity contribution in [3.8, 4) is 6.01 Å². The zero-order valence-corrected chi connectivity index (χ0v) is 17.5. The summed E-state index contributed by atoms with van der Waals surface area (Å²) < 4.78 is 5.91. The van der Waals surface area contributed by atoms with Crippen LogP contribution in [0.4, 0.5) is 4.79 Å². The van der Waals surface area contributed by atoms with Gasteiger partial charge in [0.25, 0.3) is 0 Å². The number of hydrogen-bond acceptors (Lipinski definition) is 6. The molecule has 8 heteroatoms. The molecule has 1 amide bonds. The van der Waals surface area contributed by atoms with Crippen molar-refractivity contribution in [3.05, 3.63) is 17.5 Å². The molecule has 1 atom stereocenters. The number of piperazine rings is 1. The minimum Gasteiger partial charge on any atom is -0.465 e. The molecule has 2 aliphatic rings. The van der Waals surface area contributed by atoms with Crippen molar-refractivity contribution >= 4 is 6.09 Å². The first kappa shape index (κ1) is 20.8. The van der Waals surface area contributed by atoms with Gasteiger partial charge in [0.05, 0.1) is 5.69 Å². The molecule has 3 rings (SSSR count). The van der Waals surface area contributed by atoms with Crippen LogP contribution in [-0.2, 0) is 6.42 Å². The zero-order chi connectivity index (χ0) is 20.3. The number of ether oxygens (including phenoxy) is 1. The molecule has 1 aromatic rings. The molecule has 0 bridgehead atoms. The van der Waals surface area contributed by atoms with Crippen LogP contribution in [0.5, 0.6) is 6.01 Å². The number of carbonyl (C=O) groups is 1. The summed E-state index contributed by atoms with van der Waals surface area (Å²) in [5.74, 6) is 0. The van der Waals surface area contributed by atoms with Crippen LogP contribution >= 0.6 is 0 Å². The molecule has 3 heterocycles. The lowest BCUT2D eigenvalue weighted by Crippen LogP contribution is -2.56. The molecule has 28 heavy (non-hydrogen) atoms. The summed E-state index contributed by atoms with van der Waals surface area (Å²) in [6.45, 7) is 10.7. The standard InChI is InChI=1S/C20H33N5O3/c1-15-13-21-18(28-14-16-6-5-7-23(16)4)22-17(15)12-20(2,3)25-10-8-24(9-11-25)19(26)27/h13,16H,5-12,14H2,1-4H3,(H,26,27)/t16-/m0/s1. The Morgan fingerprint density at radius 1 is 1.29 bits per heavy atom. The van der Waals surface area contributed by atoms with E-state index in [1.165, 1.54) is 11.3 Å². The summed E-state index contributed by atoms with van der Waals surface area (Å²) in [4.78, 5) is 26.4. The highest BCUT2D eigenvalue weighted by Gasteiger charge is 2.32. The van der Waals surface area contributed by atoms with Crippen LogP contribution in [0, 0.1) is 6.92 Å². The second-order valence-corrected chi connectivity index (χ2v) is 8.62. The van der Waals surface area contributed by atoms with Gasteiger partial charge in [-0.15, -0.1) is 0 Å². The number of nitrogens with zero attached hydrogens (tertiary/aromatic N) is 5. The molecular formula is C20H33N5O3. The number of likely N-dealkylation sites (tertiary alicyclic amines) is 1. The first-order valence-corrected chi connectivity index (χ1v) is 10.1. The number of rotatable bonds is 6. The van der Waals surface area contributed by atoms with E-state index in [4.69, 9.17) is 14.8 Å². The largest absolute Gasteiger partial charge is 0.465 e. The van der Waals surface area contributed by atoms with Crippen molar-refractivity contribution in [1.82, 2.24) is 24.7 Å². The van der Waals surface area contributed by atoms with E-state index in [-0.39, 0.29) is 5.54 Å². The Morgan fingerprint density at radius 3 is 2.61 bits per heavy atom. The highest BCUT2D eigenvalue weighted by Crippen LogP contribution is 2.24. The highest BCUT2D eigenvalue weighted by atomic mass is 16.5. The monoisotopic (exact) mass is 391 g/mol. The Kier molecular flexibility index (Phi) is 6.40. The second-order valence-electron chi connectivity index (χ2n) is 8.62. The van der Waals surface area contributed by atoms with Crippen LogP contribution in [0.15, 0.2) is 6.20 Å². The average molecular weight is 392 g/mol. The Bertz CT molecular complexity index is 688. The second kappa shape index (κ2) is 8.61. The van der Waals surface area contributed by atoms with Gasteiger partial charge < -0.3 is 19.6 Å². The van der Waals surface area contributed by atoms with Crippen LogP contribution < -0.4 is 4.74 Å². The van der Waals surface area contributed by atoms with E-state index in [0.29, 0.717) is 31.7 Å². The van der Waals surface area contributed by atoms with Crippen LogP contribution in [0.1, 0.15) is 37.9 Å². The molecule has 0 aromatic carbocycles. The predicted octanol–water partition coefficient (Wildman–Crippen LogP) is 1.87. The van der Waals surface area contributed by atoms with Crippen molar-refractivity contribution in [2.75, 3.05) is 46.4 Å². The molecule has 2 saturated heterocycles. The van der Waals surface area contributed by atoms with Crippen molar-refractivity contribution in [3.63, 3.8) is 0 Å². The van der Waals surface area contributed by atoms with Gasteiger partial charge in [-0.05, 0) is 52.8 Å².